The molecule has 0 aliphatic carbocycles. The monoisotopic (exact) mass is 443 g/mol. The number of imidazole rings is 1. The largest absolute Gasteiger partial charge is 0.515 e. The van der Waals surface area contributed by atoms with E-state index in [-0.39, 0.29) is 17.2 Å². The van der Waals surface area contributed by atoms with E-state index in [9.17, 15) is 4.79 Å². The molecule has 2 heterocycles. The van der Waals surface area contributed by atoms with Gasteiger partial charge in [0.1, 0.15) is 60.7 Å². The molecule has 0 aliphatic rings. The van der Waals surface area contributed by atoms with Crippen molar-refractivity contribution in [2.75, 3.05) is 5.32 Å². The third-order valence-electron chi connectivity index (χ3n) is 6.11. The summed E-state index contributed by atoms with van der Waals surface area (Å²) in [6.45, 7) is 0. The summed E-state index contributed by atoms with van der Waals surface area (Å²) in [7, 11) is 15.9. The highest BCUT2D eigenvalue weighted by Gasteiger charge is 2.23. The van der Waals surface area contributed by atoms with E-state index in [4.69, 9.17) is 4.74 Å². The Labute approximate surface area is 205 Å². The number of benzene rings is 2. The minimum atomic E-state index is -0.328. The number of nitrogens with zero attached hydrogens (tertiary/aromatic N) is 4. The lowest BCUT2D eigenvalue weighted by atomic mass is 9.52. The molecule has 0 saturated heterocycles. The van der Waals surface area contributed by atoms with Crippen LogP contribution in [0.3, 0.4) is 0 Å². The fourth-order valence-electron chi connectivity index (χ4n) is 4.12. The lowest BCUT2D eigenvalue weighted by molar-refractivity contribution is 0.102. The third kappa shape index (κ3) is 4.54. The van der Waals surface area contributed by atoms with Crippen molar-refractivity contribution in [1.82, 2.24) is 19.5 Å². The average Bonchev–Trinajstić information content (AvgIpc) is 3.20. The van der Waals surface area contributed by atoms with Crippen molar-refractivity contribution in [1.29, 1.82) is 0 Å². The molecule has 0 atom stereocenters. The van der Waals surface area contributed by atoms with Gasteiger partial charge < -0.3 is 9.30 Å². The molecule has 0 radical (unpaired) electrons. The van der Waals surface area contributed by atoms with Crippen LogP contribution in [0.5, 0.6) is 5.75 Å². The van der Waals surface area contributed by atoms with Gasteiger partial charge in [-0.15, -0.1) is 0 Å². The zero-order valence-electron chi connectivity index (χ0n) is 21.1. The van der Waals surface area contributed by atoms with E-state index < -0.39 is 0 Å². The highest BCUT2D eigenvalue weighted by Crippen LogP contribution is 2.23. The van der Waals surface area contributed by atoms with E-state index >= 15 is 0 Å². The summed E-state index contributed by atoms with van der Waals surface area (Å²) in [5, 5.41) is 3.47. The maximum atomic E-state index is 13.3. The molecule has 0 saturated carbocycles. The number of rotatable bonds is 5. The highest BCUT2D eigenvalue weighted by molar-refractivity contribution is 6.62. The quantitative estimate of drug-likeness (QED) is 0.311. The van der Waals surface area contributed by atoms with Crippen molar-refractivity contribution in [3.8, 4) is 17.0 Å². The summed E-state index contributed by atoms with van der Waals surface area (Å²) in [5.74, 6) is 0.873. The van der Waals surface area contributed by atoms with Crippen molar-refractivity contribution >= 4 is 99.5 Å². The van der Waals surface area contributed by atoms with E-state index in [1.807, 2.05) is 90.9 Å². The smallest absolute Gasteiger partial charge is 0.256 e. The first kappa shape index (κ1) is 23.9. The molecule has 4 rings (SSSR count). The number of amides is 1. The van der Waals surface area contributed by atoms with Crippen LogP contribution in [0, 0.1) is 0 Å². The number of fused-ring (bicyclic) bond motifs is 1. The minimum Gasteiger partial charge on any atom is -0.515 e. The van der Waals surface area contributed by atoms with Crippen LogP contribution < -0.4 is 31.9 Å². The molecule has 1 amide bonds. The maximum Gasteiger partial charge on any atom is 0.256 e. The molecule has 0 unspecified atom stereocenters. The fraction of sp³-hybridized carbons (Fsp3) is 0.100. The Kier molecular flexibility index (Phi) is 6.19. The van der Waals surface area contributed by atoms with Gasteiger partial charge in [-0.1, -0.05) is 34.0 Å². The van der Waals surface area contributed by atoms with Gasteiger partial charge in [-0.3, -0.25) is 10.1 Å². The van der Waals surface area contributed by atoms with Crippen molar-refractivity contribution < 1.29 is 9.53 Å². The molecule has 34 heavy (non-hydrogen) atoms. The van der Waals surface area contributed by atoms with Crippen LogP contribution in [0.4, 0.5) is 5.95 Å². The van der Waals surface area contributed by atoms with Gasteiger partial charge in [-0.25, -0.2) is 15.0 Å². The standard InChI is InChI=1S/C20H24B7N5O2/c1-32-7-28-6-11(32)8-2-3-9-5-29-19(30-10(9)4-8)31-18(33)12-13(21)15(23)17(16(24)14(12)22)34-20(25,26)27/h2-7H,21-27H2,1H3,(H,29,30,31,33). The number of ether oxygens (including phenoxy) is 1. The molecule has 0 aliphatic heterocycles. The lowest BCUT2D eigenvalue weighted by Crippen LogP contribution is -2.51. The summed E-state index contributed by atoms with van der Waals surface area (Å²) >= 11 is 0. The van der Waals surface area contributed by atoms with E-state index in [0.29, 0.717) is 5.56 Å². The molecular formula is C20H24B7N5O2. The zero-order valence-corrected chi connectivity index (χ0v) is 21.1. The van der Waals surface area contributed by atoms with Crippen LogP contribution in [-0.4, -0.2) is 85.6 Å². The number of anilines is 1. The fourth-order valence-corrected chi connectivity index (χ4v) is 4.12. The molecule has 2 aromatic carbocycles. The Morgan fingerprint density at radius 1 is 1.03 bits per heavy atom. The van der Waals surface area contributed by atoms with E-state index in [1.54, 1.807) is 12.5 Å². The number of aryl methyl sites for hydroxylation is 1. The summed E-state index contributed by atoms with van der Waals surface area (Å²) in [4.78, 5) is 26.5. The third-order valence-corrected chi connectivity index (χ3v) is 6.11. The van der Waals surface area contributed by atoms with Gasteiger partial charge in [0.2, 0.25) is 5.95 Å². The van der Waals surface area contributed by atoms with Crippen LogP contribution in [0.2, 0.25) is 0 Å². The Morgan fingerprint density at radius 2 is 1.71 bits per heavy atom. The van der Waals surface area contributed by atoms with Crippen molar-refractivity contribution in [2.45, 2.75) is 5.30 Å². The van der Waals surface area contributed by atoms with Crippen LogP contribution in [0.25, 0.3) is 22.2 Å². The predicted molar refractivity (Wildman–Crippen MR) is 158 cm³/mol. The van der Waals surface area contributed by atoms with Gasteiger partial charge in [0.25, 0.3) is 5.91 Å². The molecule has 0 spiro atoms. The Balaban J connectivity index is 1.68. The average molecular weight is 442 g/mol. The summed E-state index contributed by atoms with van der Waals surface area (Å²) in [6.07, 6.45) is 5.30. The van der Waals surface area contributed by atoms with Crippen LogP contribution >= 0.6 is 0 Å². The van der Waals surface area contributed by atoms with Gasteiger partial charge in [0.05, 0.1) is 23.7 Å². The predicted octanol–water partition coefficient (Wildman–Crippen LogP) is -6.79. The first-order chi connectivity index (χ1) is 16.0. The molecule has 0 fully saturated rings. The highest BCUT2D eigenvalue weighted by atomic mass is 16.5. The number of nitrogens with one attached hydrogen (secondary N) is 1. The summed E-state index contributed by atoms with van der Waals surface area (Å²) < 4.78 is 8.17. The lowest BCUT2D eigenvalue weighted by Gasteiger charge is -2.28. The maximum absolute atomic E-state index is 13.3. The van der Waals surface area contributed by atoms with Crippen molar-refractivity contribution in [3.05, 3.63) is 42.5 Å². The van der Waals surface area contributed by atoms with E-state index in [0.717, 1.165) is 49.8 Å². The van der Waals surface area contributed by atoms with Gasteiger partial charge in [0.15, 0.2) is 0 Å². The Bertz CT molecular complexity index is 1410. The summed E-state index contributed by atoms with van der Waals surface area (Å²) in [6, 6.07) is 5.96. The van der Waals surface area contributed by atoms with Crippen LogP contribution in [0.1, 0.15) is 10.4 Å². The second-order valence-corrected chi connectivity index (χ2v) is 9.73. The first-order valence-electron chi connectivity index (χ1n) is 11.3. The van der Waals surface area contributed by atoms with Crippen LogP contribution in [-0.2, 0) is 7.05 Å². The van der Waals surface area contributed by atoms with Gasteiger partial charge in [0, 0.05) is 35.1 Å². The molecular weight excluding hydrogens is 418 g/mol. The number of carbonyl (C=O) groups is 1. The Morgan fingerprint density at radius 3 is 2.29 bits per heavy atom. The molecule has 162 valence electrons. The number of aromatic nitrogens is 4. The molecule has 2 aromatic heterocycles. The Hall–Kier alpha value is -3.29. The summed E-state index contributed by atoms with van der Waals surface area (Å²) in [5.41, 5.74) is 7.06. The topological polar surface area (TPSA) is 81.9 Å². The zero-order chi connectivity index (χ0) is 24.8. The number of hydrogen-bond acceptors (Lipinski definition) is 5. The second-order valence-electron chi connectivity index (χ2n) is 9.73. The molecule has 14 heteroatoms. The number of hydrogen-bond donors (Lipinski definition) is 1. The van der Waals surface area contributed by atoms with Crippen LogP contribution in [0.15, 0.2) is 36.9 Å². The first-order valence-corrected chi connectivity index (χ1v) is 11.3. The number of carbonyl (C=O) groups excluding carboxylic acids is 1. The van der Waals surface area contributed by atoms with Crippen molar-refractivity contribution in [2.24, 2.45) is 7.05 Å². The molecule has 4 aromatic rings. The van der Waals surface area contributed by atoms with Gasteiger partial charge >= 0.3 is 0 Å². The SMILES string of the molecule is Bc1c(B)c(C(=O)Nc2ncc3ccc(-c4cncn4C)cc3n2)c(B)c(B)c1OC(B)(B)B. The van der Waals surface area contributed by atoms with Gasteiger partial charge in [-0.2, -0.15) is 0 Å². The van der Waals surface area contributed by atoms with Crippen molar-refractivity contribution in [3.63, 3.8) is 0 Å². The molecule has 0 bridgehead atoms. The molecule has 7 nitrogen and oxygen atoms in total. The van der Waals surface area contributed by atoms with Gasteiger partial charge in [-0.05, 0) is 6.07 Å². The minimum absolute atomic E-state index is 0.231. The normalized spacial score (nSPS) is 11.4. The van der Waals surface area contributed by atoms with E-state index in [1.165, 1.54) is 0 Å². The van der Waals surface area contributed by atoms with E-state index in [2.05, 4.69) is 20.3 Å². The molecule has 1 N–H and O–H groups in total. The second kappa shape index (κ2) is 8.82.